The third-order valence-corrected chi connectivity index (χ3v) is 15.2. The minimum Gasteiger partial charge on any atom is -0.394 e. The van der Waals surface area contributed by atoms with Crippen LogP contribution in [0.2, 0.25) is 0 Å². The Bertz CT molecular complexity index is 1340. The van der Waals surface area contributed by atoms with Gasteiger partial charge in [-0.1, -0.05) is 231 Å². The fraction of sp³-hybridized carbons (Fsp3) is 0.917. The molecule has 2 rings (SSSR count). The normalized spacial score (nSPS) is 25.3. The van der Waals surface area contributed by atoms with Crippen LogP contribution in [0.3, 0.4) is 0 Å². The van der Waals surface area contributed by atoms with Crippen LogP contribution in [0.5, 0.6) is 0 Å². The van der Waals surface area contributed by atoms with Crippen LogP contribution >= 0.6 is 0 Å². The van der Waals surface area contributed by atoms with Gasteiger partial charge in [-0.15, -0.1) is 0 Å². The molecule has 0 aromatic carbocycles. The first kappa shape index (κ1) is 68.6. The molecular weight excluding hydrogens is 943 g/mol. The summed E-state index contributed by atoms with van der Waals surface area (Å²) in [6.45, 7) is 2.87. The number of hydrogen-bond acceptors (Lipinski definition) is 13. The highest BCUT2D eigenvalue weighted by Gasteiger charge is 2.51. The second-order valence-corrected chi connectivity index (χ2v) is 21.8. The molecule has 436 valence electrons. The first-order valence-corrected chi connectivity index (χ1v) is 30.6. The maximum atomic E-state index is 13.3. The summed E-state index contributed by atoms with van der Waals surface area (Å²) in [6, 6.07) is -0.827. The number of aliphatic hydroxyl groups excluding tert-OH is 8. The number of aliphatic hydroxyl groups is 8. The average Bonchev–Trinajstić information content (AvgIpc) is 3.40. The van der Waals surface area contributed by atoms with Crippen LogP contribution < -0.4 is 5.32 Å². The molecule has 2 aliphatic heterocycles. The molecule has 0 aromatic heterocycles. The second kappa shape index (κ2) is 46.4. The molecule has 0 bridgehead atoms. The number of carbonyl (C=O) groups is 1. The van der Waals surface area contributed by atoms with Crippen molar-refractivity contribution in [3.05, 3.63) is 24.3 Å². The zero-order chi connectivity index (χ0) is 53.9. The van der Waals surface area contributed by atoms with E-state index in [-0.39, 0.29) is 12.5 Å². The zero-order valence-corrected chi connectivity index (χ0v) is 46.8. The standard InChI is InChI=1S/C60H113NO13/c1-3-5-7-9-11-13-15-17-19-20-21-22-23-24-25-26-27-28-30-32-34-36-38-40-42-44-52(65)61-48(49(64)43-41-39-37-35-33-31-29-18-16-14-12-10-8-6-4-2)47-71-59-57(70)55(68)58(51(46-63)73-59)74-60-56(69)54(67)53(66)50(45-62)72-60/h15,17,20-21,48-51,53-60,62-64,66-70H,3-14,16,18-19,22-47H2,1-2H3,(H,61,65)/b17-15-,21-20-. The fourth-order valence-corrected chi connectivity index (χ4v) is 10.2. The van der Waals surface area contributed by atoms with Crippen molar-refractivity contribution in [2.24, 2.45) is 0 Å². The Morgan fingerprint density at radius 1 is 0.486 bits per heavy atom. The lowest BCUT2D eigenvalue weighted by molar-refractivity contribution is -0.359. The molecule has 0 radical (unpaired) electrons. The van der Waals surface area contributed by atoms with Gasteiger partial charge in [-0.2, -0.15) is 0 Å². The molecule has 74 heavy (non-hydrogen) atoms. The first-order valence-electron chi connectivity index (χ1n) is 30.6. The van der Waals surface area contributed by atoms with Crippen molar-refractivity contribution in [2.45, 2.75) is 331 Å². The molecule has 2 fully saturated rings. The summed E-state index contributed by atoms with van der Waals surface area (Å²) in [6.07, 6.45) is 37.5. The molecule has 14 nitrogen and oxygen atoms in total. The van der Waals surface area contributed by atoms with Gasteiger partial charge in [0.15, 0.2) is 12.6 Å². The Hall–Kier alpha value is -1.53. The molecule has 12 unspecified atom stereocenters. The maximum absolute atomic E-state index is 13.3. The van der Waals surface area contributed by atoms with Crippen molar-refractivity contribution in [2.75, 3.05) is 19.8 Å². The Kier molecular flexibility index (Phi) is 43.0. The van der Waals surface area contributed by atoms with Crippen molar-refractivity contribution in [1.82, 2.24) is 5.32 Å². The Morgan fingerprint density at radius 2 is 0.892 bits per heavy atom. The highest BCUT2D eigenvalue weighted by Crippen LogP contribution is 2.30. The highest BCUT2D eigenvalue weighted by molar-refractivity contribution is 5.76. The van der Waals surface area contributed by atoms with E-state index in [2.05, 4.69) is 43.5 Å². The molecule has 14 heteroatoms. The number of hydrogen-bond donors (Lipinski definition) is 9. The third kappa shape index (κ3) is 31.8. The van der Waals surface area contributed by atoms with Crippen LogP contribution in [0.25, 0.3) is 0 Å². The summed E-state index contributed by atoms with van der Waals surface area (Å²) in [4.78, 5) is 13.3. The van der Waals surface area contributed by atoms with Crippen molar-refractivity contribution < 1.29 is 64.6 Å². The molecule has 0 saturated carbocycles. The molecule has 1 amide bonds. The number of carbonyl (C=O) groups excluding carboxylic acids is 1. The van der Waals surface area contributed by atoms with E-state index in [1.54, 1.807) is 0 Å². The van der Waals surface area contributed by atoms with E-state index in [0.29, 0.717) is 12.8 Å². The third-order valence-electron chi connectivity index (χ3n) is 15.2. The lowest BCUT2D eigenvalue weighted by atomic mass is 9.97. The predicted octanol–water partition coefficient (Wildman–Crippen LogP) is 10.4. The van der Waals surface area contributed by atoms with E-state index in [1.165, 1.54) is 173 Å². The van der Waals surface area contributed by atoms with E-state index in [0.717, 1.165) is 57.8 Å². The minimum atomic E-state index is -1.78. The van der Waals surface area contributed by atoms with Crippen molar-refractivity contribution in [1.29, 1.82) is 0 Å². The van der Waals surface area contributed by atoms with Crippen LogP contribution in [-0.2, 0) is 23.7 Å². The van der Waals surface area contributed by atoms with Crippen molar-refractivity contribution in [3.8, 4) is 0 Å². The topological polar surface area (TPSA) is 228 Å². The number of nitrogens with one attached hydrogen (secondary N) is 1. The van der Waals surface area contributed by atoms with Gasteiger partial charge < -0.3 is 65.1 Å². The van der Waals surface area contributed by atoms with Crippen molar-refractivity contribution in [3.63, 3.8) is 0 Å². The predicted molar refractivity (Wildman–Crippen MR) is 295 cm³/mol. The molecule has 2 aliphatic rings. The van der Waals surface area contributed by atoms with Gasteiger partial charge in [-0.05, 0) is 44.9 Å². The van der Waals surface area contributed by atoms with Crippen LogP contribution in [-0.4, -0.2) is 140 Å². The van der Waals surface area contributed by atoms with E-state index in [9.17, 15) is 45.6 Å². The quantitative estimate of drug-likeness (QED) is 0.0204. The number of amides is 1. The van der Waals surface area contributed by atoms with Gasteiger partial charge in [0.2, 0.25) is 5.91 Å². The monoisotopic (exact) mass is 1060 g/mol. The van der Waals surface area contributed by atoms with Crippen LogP contribution in [0.4, 0.5) is 0 Å². The Morgan fingerprint density at radius 3 is 1.35 bits per heavy atom. The van der Waals surface area contributed by atoms with Gasteiger partial charge >= 0.3 is 0 Å². The average molecular weight is 1060 g/mol. The highest BCUT2D eigenvalue weighted by atomic mass is 16.7. The second-order valence-electron chi connectivity index (χ2n) is 21.8. The lowest BCUT2D eigenvalue weighted by Crippen LogP contribution is -2.65. The smallest absolute Gasteiger partial charge is 0.220 e. The largest absolute Gasteiger partial charge is 0.394 e. The maximum Gasteiger partial charge on any atom is 0.220 e. The van der Waals surface area contributed by atoms with Crippen LogP contribution in [0, 0.1) is 0 Å². The Labute approximate surface area is 449 Å². The summed E-state index contributed by atoms with van der Waals surface area (Å²) in [7, 11) is 0. The number of ether oxygens (including phenoxy) is 4. The molecule has 0 spiro atoms. The SMILES string of the molecule is CCCCCCC/C=C\C/C=C\CCCCCCCCCCCCCCCC(=O)NC(COC1OC(CO)C(OC2OC(CO)C(O)C(O)C2O)C(O)C1O)C(O)CCCCCCCCCCCCCCCCC. The van der Waals surface area contributed by atoms with Gasteiger partial charge in [0.05, 0.1) is 32.0 Å². The Balaban J connectivity index is 1.71. The van der Waals surface area contributed by atoms with E-state index < -0.39 is 86.8 Å². The fourth-order valence-electron chi connectivity index (χ4n) is 10.2. The number of allylic oxidation sites excluding steroid dienone is 4. The van der Waals surface area contributed by atoms with Crippen LogP contribution in [0.15, 0.2) is 24.3 Å². The molecule has 12 atom stereocenters. The summed E-state index contributed by atoms with van der Waals surface area (Å²) in [5.41, 5.74) is 0. The summed E-state index contributed by atoms with van der Waals surface area (Å²) in [5, 5.41) is 87.3. The number of unbranched alkanes of at least 4 members (excludes halogenated alkanes) is 32. The lowest BCUT2D eigenvalue weighted by Gasteiger charge is -2.46. The van der Waals surface area contributed by atoms with Gasteiger partial charge in [-0.25, -0.2) is 0 Å². The van der Waals surface area contributed by atoms with E-state index in [4.69, 9.17) is 18.9 Å². The molecule has 2 heterocycles. The first-order chi connectivity index (χ1) is 36.1. The van der Waals surface area contributed by atoms with Crippen LogP contribution in [0.1, 0.15) is 258 Å². The molecule has 2 saturated heterocycles. The summed E-state index contributed by atoms with van der Waals surface area (Å²) >= 11 is 0. The van der Waals surface area contributed by atoms with Crippen molar-refractivity contribution >= 4 is 5.91 Å². The molecular formula is C60H113NO13. The van der Waals surface area contributed by atoms with E-state index in [1.807, 2.05) is 0 Å². The number of rotatable bonds is 49. The summed E-state index contributed by atoms with van der Waals surface area (Å²) in [5.74, 6) is -0.205. The van der Waals surface area contributed by atoms with Gasteiger partial charge in [-0.3, -0.25) is 4.79 Å². The molecule has 9 N–H and O–H groups in total. The van der Waals surface area contributed by atoms with Gasteiger partial charge in [0, 0.05) is 6.42 Å². The van der Waals surface area contributed by atoms with Gasteiger partial charge in [0.1, 0.15) is 48.8 Å². The molecule has 0 aliphatic carbocycles. The molecule has 0 aromatic rings. The zero-order valence-electron chi connectivity index (χ0n) is 46.8. The summed E-state index contributed by atoms with van der Waals surface area (Å²) < 4.78 is 22.8. The minimum absolute atomic E-state index is 0.205. The van der Waals surface area contributed by atoms with E-state index >= 15 is 0 Å². The van der Waals surface area contributed by atoms with Gasteiger partial charge in [0.25, 0.3) is 0 Å².